The predicted octanol–water partition coefficient (Wildman–Crippen LogP) is 3.22. The van der Waals surface area contributed by atoms with Crippen molar-refractivity contribution < 1.29 is 4.79 Å². The van der Waals surface area contributed by atoms with Crippen molar-refractivity contribution in [2.75, 3.05) is 6.54 Å². The quantitative estimate of drug-likeness (QED) is 0.691. The first-order valence-corrected chi connectivity index (χ1v) is 6.24. The van der Waals surface area contributed by atoms with Gasteiger partial charge in [-0.25, -0.2) is 0 Å². The molecule has 0 heterocycles. The molecule has 15 heavy (non-hydrogen) atoms. The highest BCUT2D eigenvalue weighted by molar-refractivity contribution is 5.75. The van der Waals surface area contributed by atoms with Gasteiger partial charge in [-0.15, -0.1) is 0 Å². The molecule has 0 fully saturated rings. The van der Waals surface area contributed by atoms with Gasteiger partial charge in [-0.3, -0.25) is 4.79 Å². The van der Waals surface area contributed by atoms with E-state index in [1.54, 1.807) is 0 Å². The molecule has 2 nitrogen and oxygen atoms in total. The molecule has 0 aliphatic carbocycles. The Morgan fingerprint density at radius 1 is 1.13 bits per heavy atom. The zero-order chi connectivity index (χ0) is 11.8. The standard InChI is InChI=1S/C13H27NO/c1-6-7-13(15)14-9-12(5)11(4)8-10(2)3/h10-12H,6-9H2,1-5H3,(H,14,15). The summed E-state index contributed by atoms with van der Waals surface area (Å²) < 4.78 is 0. The van der Waals surface area contributed by atoms with Crippen molar-refractivity contribution in [1.82, 2.24) is 5.32 Å². The van der Waals surface area contributed by atoms with Crippen LogP contribution in [0, 0.1) is 17.8 Å². The fourth-order valence-electron chi connectivity index (χ4n) is 1.77. The highest BCUT2D eigenvalue weighted by atomic mass is 16.1. The fraction of sp³-hybridized carbons (Fsp3) is 0.923. The maximum absolute atomic E-state index is 11.3. The van der Waals surface area contributed by atoms with Crippen LogP contribution >= 0.6 is 0 Å². The van der Waals surface area contributed by atoms with Gasteiger partial charge in [-0.1, -0.05) is 34.6 Å². The van der Waals surface area contributed by atoms with Gasteiger partial charge in [0, 0.05) is 13.0 Å². The minimum Gasteiger partial charge on any atom is -0.356 e. The Morgan fingerprint density at radius 2 is 1.73 bits per heavy atom. The molecular formula is C13H27NO. The number of carbonyl (C=O) groups excluding carboxylic acids is 1. The van der Waals surface area contributed by atoms with E-state index in [1.807, 2.05) is 6.92 Å². The second kappa shape index (κ2) is 7.72. The largest absolute Gasteiger partial charge is 0.356 e. The van der Waals surface area contributed by atoms with Gasteiger partial charge in [0.25, 0.3) is 0 Å². The van der Waals surface area contributed by atoms with Crippen molar-refractivity contribution in [3.63, 3.8) is 0 Å². The van der Waals surface area contributed by atoms with E-state index < -0.39 is 0 Å². The topological polar surface area (TPSA) is 29.1 Å². The first kappa shape index (κ1) is 14.5. The SMILES string of the molecule is CCCC(=O)NCC(C)C(C)CC(C)C. The molecule has 0 saturated carbocycles. The van der Waals surface area contributed by atoms with Crippen LogP contribution in [0.3, 0.4) is 0 Å². The molecule has 0 aliphatic heterocycles. The first-order chi connectivity index (χ1) is 6.97. The molecule has 1 amide bonds. The van der Waals surface area contributed by atoms with Crippen molar-refractivity contribution >= 4 is 5.91 Å². The van der Waals surface area contributed by atoms with Gasteiger partial charge in [0.05, 0.1) is 0 Å². The number of rotatable bonds is 7. The summed E-state index contributed by atoms with van der Waals surface area (Å²) in [4.78, 5) is 11.3. The molecule has 0 bridgehead atoms. The predicted molar refractivity (Wildman–Crippen MR) is 65.7 cm³/mol. The molecule has 2 unspecified atom stereocenters. The van der Waals surface area contributed by atoms with Crippen LogP contribution in [-0.4, -0.2) is 12.5 Å². The summed E-state index contributed by atoms with van der Waals surface area (Å²) in [5, 5.41) is 3.00. The van der Waals surface area contributed by atoms with Gasteiger partial charge in [0.2, 0.25) is 5.91 Å². The summed E-state index contributed by atoms with van der Waals surface area (Å²) in [6.07, 6.45) is 2.83. The van der Waals surface area contributed by atoms with Crippen LogP contribution in [0.15, 0.2) is 0 Å². The van der Waals surface area contributed by atoms with Crippen LogP contribution in [0.1, 0.15) is 53.9 Å². The summed E-state index contributed by atoms with van der Waals surface area (Å²) in [6.45, 7) is 11.9. The first-order valence-electron chi connectivity index (χ1n) is 6.24. The Hall–Kier alpha value is -0.530. The van der Waals surface area contributed by atoms with Crippen molar-refractivity contribution in [1.29, 1.82) is 0 Å². The van der Waals surface area contributed by atoms with E-state index in [0.717, 1.165) is 18.9 Å². The van der Waals surface area contributed by atoms with Crippen LogP contribution in [0.4, 0.5) is 0 Å². The molecule has 0 aliphatic rings. The van der Waals surface area contributed by atoms with E-state index in [0.29, 0.717) is 18.3 Å². The van der Waals surface area contributed by atoms with E-state index >= 15 is 0 Å². The lowest BCUT2D eigenvalue weighted by Crippen LogP contribution is -2.30. The lowest BCUT2D eigenvalue weighted by molar-refractivity contribution is -0.121. The molecule has 0 radical (unpaired) electrons. The second-order valence-corrected chi connectivity index (χ2v) is 5.14. The maximum atomic E-state index is 11.3. The lowest BCUT2D eigenvalue weighted by Gasteiger charge is -2.21. The van der Waals surface area contributed by atoms with E-state index in [2.05, 4.69) is 33.0 Å². The Labute approximate surface area is 94.8 Å². The average molecular weight is 213 g/mol. The molecule has 0 rings (SSSR count). The van der Waals surface area contributed by atoms with Crippen LogP contribution in [0.2, 0.25) is 0 Å². The monoisotopic (exact) mass is 213 g/mol. The third-order valence-electron chi connectivity index (χ3n) is 2.91. The van der Waals surface area contributed by atoms with E-state index in [-0.39, 0.29) is 5.91 Å². The molecular weight excluding hydrogens is 186 g/mol. The average Bonchev–Trinajstić information content (AvgIpc) is 2.13. The Bertz CT molecular complexity index is 177. The minimum absolute atomic E-state index is 0.195. The lowest BCUT2D eigenvalue weighted by atomic mass is 9.88. The van der Waals surface area contributed by atoms with E-state index in [4.69, 9.17) is 0 Å². The third kappa shape index (κ3) is 7.40. The van der Waals surface area contributed by atoms with Crippen LogP contribution in [-0.2, 0) is 4.79 Å². The minimum atomic E-state index is 0.195. The van der Waals surface area contributed by atoms with Crippen LogP contribution in [0.5, 0.6) is 0 Å². The zero-order valence-electron chi connectivity index (χ0n) is 11.0. The highest BCUT2D eigenvalue weighted by Gasteiger charge is 2.14. The van der Waals surface area contributed by atoms with Gasteiger partial charge in [0.15, 0.2) is 0 Å². The van der Waals surface area contributed by atoms with Crippen molar-refractivity contribution in [2.45, 2.75) is 53.9 Å². The van der Waals surface area contributed by atoms with Crippen molar-refractivity contribution in [2.24, 2.45) is 17.8 Å². The normalized spacial score (nSPS) is 15.1. The van der Waals surface area contributed by atoms with Crippen LogP contribution in [0.25, 0.3) is 0 Å². The summed E-state index contributed by atoms with van der Waals surface area (Å²) in [6, 6.07) is 0. The smallest absolute Gasteiger partial charge is 0.219 e. The van der Waals surface area contributed by atoms with Gasteiger partial charge < -0.3 is 5.32 Å². The van der Waals surface area contributed by atoms with E-state index in [9.17, 15) is 4.79 Å². The number of carbonyl (C=O) groups is 1. The van der Waals surface area contributed by atoms with Crippen molar-refractivity contribution in [3.05, 3.63) is 0 Å². The third-order valence-corrected chi connectivity index (χ3v) is 2.91. The molecule has 2 atom stereocenters. The number of hydrogen-bond donors (Lipinski definition) is 1. The van der Waals surface area contributed by atoms with Gasteiger partial charge in [-0.05, 0) is 30.6 Å². The molecule has 1 N–H and O–H groups in total. The summed E-state index contributed by atoms with van der Waals surface area (Å²) in [5.41, 5.74) is 0. The number of nitrogens with one attached hydrogen (secondary N) is 1. The summed E-state index contributed by atoms with van der Waals surface area (Å²) >= 11 is 0. The molecule has 0 aromatic rings. The summed E-state index contributed by atoms with van der Waals surface area (Å²) in [5.74, 6) is 2.20. The van der Waals surface area contributed by atoms with Gasteiger partial charge in [-0.2, -0.15) is 0 Å². The fourth-order valence-corrected chi connectivity index (χ4v) is 1.77. The number of hydrogen-bond acceptors (Lipinski definition) is 1. The molecule has 0 aromatic carbocycles. The Kier molecular flexibility index (Phi) is 7.45. The second-order valence-electron chi connectivity index (χ2n) is 5.14. The Balaban J connectivity index is 3.72. The highest BCUT2D eigenvalue weighted by Crippen LogP contribution is 2.19. The van der Waals surface area contributed by atoms with Gasteiger partial charge in [0.1, 0.15) is 0 Å². The van der Waals surface area contributed by atoms with Crippen molar-refractivity contribution in [3.8, 4) is 0 Å². The molecule has 0 spiro atoms. The molecule has 0 saturated heterocycles. The molecule has 2 heteroatoms. The zero-order valence-corrected chi connectivity index (χ0v) is 11.0. The van der Waals surface area contributed by atoms with Gasteiger partial charge >= 0.3 is 0 Å². The molecule has 0 aromatic heterocycles. The maximum Gasteiger partial charge on any atom is 0.219 e. The van der Waals surface area contributed by atoms with Crippen LogP contribution < -0.4 is 5.32 Å². The summed E-state index contributed by atoms with van der Waals surface area (Å²) in [7, 11) is 0. The Morgan fingerprint density at radius 3 is 2.20 bits per heavy atom. The van der Waals surface area contributed by atoms with E-state index in [1.165, 1.54) is 6.42 Å². The number of amides is 1. The molecule has 90 valence electrons.